The van der Waals surface area contributed by atoms with Gasteiger partial charge < -0.3 is 15.0 Å². The Morgan fingerprint density at radius 3 is 2.56 bits per heavy atom. The fourth-order valence-corrected chi connectivity index (χ4v) is 6.91. The number of sulfonamides is 1. The summed E-state index contributed by atoms with van der Waals surface area (Å²) < 4.78 is 34.1. The Hall–Kier alpha value is -3.21. The van der Waals surface area contributed by atoms with Crippen LogP contribution in [0.2, 0.25) is 0 Å². The molecule has 0 radical (unpaired) electrons. The highest BCUT2D eigenvalue weighted by Gasteiger charge is 2.29. The molecule has 0 unspecified atom stereocenters. The molecule has 1 aliphatic rings. The van der Waals surface area contributed by atoms with Crippen LogP contribution < -0.4 is 10.0 Å². The zero-order chi connectivity index (χ0) is 26.2. The highest BCUT2D eigenvalue weighted by Crippen LogP contribution is 2.37. The molecule has 3 aromatic rings. The normalized spacial score (nSPS) is 13.7. The summed E-state index contributed by atoms with van der Waals surface area (Å²) in [5, 5.41) is 3.23. The number of rotatable bonds is 6. The minimum atomic E-state index is -3.95. The lowest BCUT2D eigenvalue weighted by molar-refractivity contribution is 0.0600. The lowest BCUT2D eigenvalue weighted by Crippen LogP contribution is -2.26. The Morgan fingerprint density at radius 2 is 1.83 bits per heavy atom. The van der Waals surface area contributed by atoms with Crippen molar-refractivity contribution in [3.8, 4) is 0 Å². The van der Waals surface area contributed by atoms with Crippen molar-refractivity contribution in [2.24, 2.45) is 0 Å². The van der Waals surface area contributed by atoms with E-state index < -0.39 is 21.9 Å². The highest BCUT2D eigenvalue weighted by molar-refractivity contribution is 7.92. The van der Waals surface area contributed by atoms with Gasteiger partial charge in [0.15, 0.2) is 0 Å². The molecule has 36 heavy (non-hydrogen) atoms. The number of hydrogen-bond acceptors (Lipinski definition) is 7. The summed E-state index contributed by atoms with van der Waals surface area (Å²) in [6.45, 7) is 6.91. The Kier molecular flexibility index (Phi) is 7.21. The summed E-state index contributed by atoms with van der Waals surface area (Å²) >= 11 is 1.34. The van der Waals surface area contributed by atoms with Crippen LogP contribution in [0.15, 0.2) is 41.3 Å². The maximum absolute atomic E-state index is 13.3. The van der Waals surface area contributed by atoms with Gasteiger partial charge in [0.2, 0.25) is 0 Å². The molecule has 1 amide bonds. The number of likely N-dealkylation sites (N-methyl/N-ethyl adjacent to an activating group) is 1. The van der Waals surface area contributed by atoms with Crippen LogP contribution in [0.4, 0.5) is 10.7 Å². The van der Waals surface area contributed by atoms with Gasteiger partial charge >= 0.3 is 5.97 Å². The number of anilines is 2. The minimum Gasteiger partial charge on any atom is -0.465 e. The second-order valence-corrected chi connectivity index (χ2v) is 11.7. The summed E-state index contributed by atoms with van der Waals surface area (Å²) in [5.41, 5.74) is 4.22. The van der Waals surface area contributed by atoms with Crippen molar-refractivity contribution in [3.05, 3.63) is 74.7 Å². The third-order valence-corrected chi connectivity index (χ3v) is 9.09. The first-order chi connectivity index (χ1) is 17.0. The van der Waals surface area contributed by atoms with E-state index in [0.29, 0.717) is 34.8 Å². The van der Waals surface area contributed by atoms with Gasteiger partial charge in [-0.15, -0.1) is 11.3 Å². The monoisotopic (exact) mass is 527 g/mol. The van der Waals surface area contributed by atoms with E-state index in [0.717, 1.165) is 28.1 Å². The van der Waals surface area contributed by atoms with E-state index in [9.17, 15) is 18.0 Å². The van der Waals surface area contributed by atoms with E-state index in [2.05, 4.69) is 14.9 Å². The summed E-state index contributed by atoms with van der Waals surface area (Å²) in [5.74, 6) is -1.01. The quantitative estimate of drug-likeness (QED) is 0.458. The number of esters is 1. The predicted molar refractivity (Wildman–Crippen MR) is 142 cm³/mol. The topological polar surface area (TPSA) is 105 Å². The number of fused-ring (bicyclic) bond motifs is 1. The van der Waals surface area contributed by atoms with Gasteiger partial charge in [0, 0.05) is 23.5 Å². The Morgan fingerprint density at radius 1 is 1.08 bits per heavy atom. The number of carbonyl (C=O) groups excluding carboxylic acids is 2. The first kappa shape index (κ1) is 25.9. The van der Waals surface area contributed by atoms with E-state index in [1.54, 1.807) is 31.2 Å². The molecule has 0 saturated carbocycles. The van der Waals surface area contributed by atoms with E-state index >= 15 is 0 Å². The van der Waals surface area contributed by atoms with Crippen molar-refractivity contribution in [2.45, 2.75) is 38.6 Å². The number of ether oxygens (including phenoxy) is 1. The molecule has 10 heteroatoms. The number of aryl methyl sites for hydroxylation is 2. The summed E-state index contributed by atoms with van der Waals surface area (Å²) in [6.07, 6.45) is 0.680. The van der Waals surface area contributed by atoms with Crippen molar-refractivity contribution in [1.29, 1.82) is 0 Å². The zero-order valence-electron chi connectivity index (χ0n) is 20.9. The van der Waals surface area contributed by atoms with Gasteiger partial charge in [-0.1, -0.05) is 18.2 Å². The lowest BCUT2D eigenvalue weighted by atomic mass is 10.0. The standard InChI is InChI=1S/C26H29N3O5S2/c1-15-7-6-8-20(17(15)3)28-36(32,33)22-13-18(10-9-16(22)2)24(30)27-25-23(26(31)34-5)19-11-12-29(4)14-21(19)35-25/h6-10,13,28H,11-12,14H2,1-5H3,(H,27,30). The number of amides is 1. The fourth-order valence-electron chi connectivity index (χ4n) is 4.20. The third-order valence-electron chi connectivity index (χ3n) is 6.45. The number of methoxy groups -OCH3 is 1. The molecular formula is C26H29N3O5S2. The SMILES string of the molecule is COC(=O)c1c(NC(=O)c2ccc(C)c(S(=O)(=O)Nc3cccc(C)c3C)c2)sc2c1CCN(C)C2. The fraction of sp³-hybridized carbons (Fsp3) is 0.308. The average Bonchev–Trinajstić information content (AvgIpc) is 3.18. The second kappa shape index (κ2) is 10.0. The second-order valence-electron chi connectivity index (χ2n) is 8.97. The number of benzene rings is 2. The van der Waals surface area contributed by atoms with Crippen LogP contribution in [0.1, 0.15) is 47.8 Å². The largest absolute Gasteiger partial charge is 0.465 e. The number of nitrogens with one attached hydrogen (secondary N) is 2. The Labute approximate surface area is 215 Å². The first-order valence-corrected chi connectivity index (χ1v) is 13.7. The van der Waals surface area contributed by atoms with E-state index in [1.165, 1.54) is 24.5 Å². The van der Waals surface area contributed by atoms with Gasteiger partial charge in [-0.25, -0.2) is 13.2 Å². The lowest BCUT2D eigenvalue weighted by Gasteiger charge is -2.22. The van der Waals surface area contributed by atoms with Crippen molar-refractivity contribution in [3.63, 3.8) is 0 Å². The van der Waals surface area contributed by atoms with Crippen molar-refractivity contribution in [2.75, 3.05) is 30.7 Å². The number of thiophene rings is 1. The summed E-state index contributed by atoms with van der Waals surface area (Å²) in [6, 6.07) is 9.93. The molecule has 8 nitrogen and oxygen atoms in total. The minimum absolute atomic E-state index is 0.0105. The molecule has 0 spiro atoms. The number of carbonyl (C=O) groups is 2. The molecule has 0 atom stereocenters. The van der Waals surface area contributed by atoms with E-state index in [4.69, 9.17) is 4.74 Å². The zero-order valence-corrected chi connectivity index (χ0v) is 22.5. The Balaban J connectivity index is 1.65. The molecular weight excluding hydrogens is 498 g/mol. The van der Waals surface area contributed by atoms with E-state index in [-0.39, 0.29) is 10.5 Å². The van der Waals surface area contributed by atoms with Crippen LogP contribution in [0.3, 0.4) is 0 Å². The maximum atomic E-state index is 13.3. The predicted octanol–water partition coefficient (Wildman–Crippen LogP) is 4.50. The van der Waals surface area contributed by atoms with Gasteiger partial charge in [-0.2, -0.15) is 0 Å². The van der Waals surface area contributed by atoms with Crippen LogP contribution in [0.25, 0.3) is 0 Å². The van der Waals surface area contributed by atoms with Gasteiger partial charge in [-0.3, -0.25) is 9.52 Å². The molecule has 0 bridgehead atoms. The molecule has 2 heterocycles. The van der Waals surface area contributed by atoms with Crippen LogP contribution in [-0.4, -0.2) is 45.9 Å². The molecule has 190 valence electrons. The average molecular weight is 528 g/mol. The number of hydrogen-bond donors (Lipinski definition) is 2. The molecule has 0 fully saturated rings. The molecule has 0 saturated heterocycles. The third kappa shape index (κ3) is 5.02. The molecule has 2 aromatic carbocycles. The summed E-state index contributed by atoms with van der Waals surface area (Å²) in [4.78, 5) is 28.9. The molecule has 2 N–H and O–H groups in total. The smallest absolute Gasteiger partial charge is 0.341 e. The van der Waals surface area contributed by atoms with Gasteiger partial charge in [-0.05, 0) is 74.7 Å². The van der Waals surface area contributed by atoms with Crippen molar-refractivity contribution < 1.29 is 22.7 Å². The van der Waals surface area contributed by atoms with Crippen LogP contribution in [0.5, 0.6) is 0 Å². The first-order valence-electron chi connectivity index (χ1n) is 11.4. The molecule has 0 aliphatic carbocycles. The van der Waals surface area contributed by atoms with Crippen LogP contribution >= 0.6 is 11.3 Å². The maximum Gasteiger partial charge on any atom is 0.341 e. The van der Waals surface area contributed by atoms with Crippen molar-refractivity contribution >= 4 is 43.9 Å². The van der Waals surface area contributed by atoms with Crippen molar-refractivity contribution in [1.82, 2.24) is 4.90 Å². The highest BCUT2D eigenvalue weighted by atomic mass is 32.2. The van der Waals surface area contributed by atoms with Crippen LogP contribution in [-0.2, 0) is 27.7 Å². The van der Waals surface area contributed by atoms with Gasteiger partial charge in [0.1, 0.15) is 5.00 Å². The van der Waals surface area contributed by atoms with Gasteiger partial charge in [0.25, 0.3) is 15.9 Å². The Bertz CT molecular complexity index is 1460. The van der Waals surface area contributed by atoms with E-state index in [1.807, 2.05) is 27.0 Å². The van der Waals surface area contributed by atoms with Gasteiger partial charge in [0.05, 0.1) is 23.3 Å². The van der Waals surface area contributed by atoms with Crippen LogP contribution in [0, 0.1) is 20.8 Å². The molecule has 1 aliphatic heterocycles. The molecule has 4 rings (SSSR count). The summed E-state index contributed by atoms with van der Waals surface area (Å²) in [7, 11) is -0.641. The molecule has 1 aromatic heterocycles. The number of nitrogens with zero attached hydrogens (tertiary/aromatic N) is 1.